The number of hydrogen-bond acceptors (Lipinski definition) is 4. The van der Waals surface area contributed by atoms with Crippen LogP contribution in [0.4, 0.5) is 4.79 Å². The molecular weight excluding hydrogens is 444 g/mol. The lowest BCUT2D eigenvalue weighted by molar-refractivity contribution is -0.142. The van der Waals surface area contributed by atoms with Crippen LogP contribution in [0.1, 0.15) is 69.9 Å². The summed E-state index contributed by atoms with van der Waals surface area (Å²) in [6, 6.07) is 14.9. The average Bonchev–Trinajstić information content (AvgIpc) is 3.14. The number of unbranched alkanes of at least 4 members (excludes halogenated alkanes) is 1. The zero-order valence-corrected chi connectivity index (χ0v) is 20.8. The summed E-state index contributed by atoms with van der Waals surface area (Å²) in [6.45, 7) is 6.05. The molecule has 188 valence electrons. The summed E-state index contributed by atoms with van der Waals surface area (Å²) in [6.07, 6.45) is 2.13. The second-order valence-electron chi connectivity index (χ2n) is 9.60. The quantitative estimate of drug-likeness (QED) is 0.392. The first-order valence-corrected chi connectivity index (χ1v) is 12.4. The van der Waals surface area contributed by atoms with Gasteiger partial charge in [-0.15, -0.1) is 0 Å². The Balaban J connectivity index is 1.60. The number of carbonyl (C=O) groups excluding carboxylic acids is 2. The van der Waals surface area contributed by atoms with E-state index in [4.69, 9.17) is 4.74 Å². The van der Waals surface area contributed by atoms with E-state index < -0.39 is 30.1 Å². The van der Waals surface area contributed by atoms with Crippen molar-refractivity contribution >= 4 is 18.0 Å². The van der Waals surface area contributed by atoms with Crippen molar-refractivity contribution in [3.8, 4) is 11.1 Å². The molecule has 2 aromatic carbocycles. The zero-order chi connectivity index (χ0) is 25.4. The molecule has 0 radical (unpaired) electrons. The molecule has 3 rings (SSSR count). The molecule has 0 fully saturated rings. The van der Waals surface area contributed by atoms with Gasteiger partial charge in [-0.3, -0.25) is 4.79 Å². The molecule has 35 heavy (non-hydrogen) atoms. The van der Waals surface area contributed by atoms with Crippen molar-refractivity contribution < 1.29 is 24.2 Å². The fourth-order valence-corrected chi connectivity index (χ4v) is 4.65. The molecule has 0 aliphatic heterocycles. The molecule has 0 spiro atoms. The molecule has 0 saturated heterocycles. The first kappa shape index (κ1) is 26.3. The van der Waals surface area contributed by atoms with Gasteiger partial charge in [0.25, 0.3) is 0 Å². The van der Waals surface area contributed by atoms with Gasteiger partial charge in [-0.2, -0.15) is 0 Å². The van der Waals surface area contributed by atoms with Gasteiger partial charge >= 0.3 is 12.1 Å². The van der Waals surface area contributed by atoms with Crippen LogP contribution >= 0.6 is 0 Å². The number of aliphatic carboxylic acids is 1. The molecule has 2 atom stereocenters. The number of carboxylic acid groups (broad SMARTS) is 1. The molecule has 0 aromatic heterocycles. The fraction of sp³-hybridized carbons (Fsp3) is 0.464. The molecule has 1 aliphatic carbocycles. The third-order valence-corrected chi connectivity index (χ3v) is 6.34. The molecule has 1 aliphatic rings. The molecular formula is C28H36N2O5. The minimum atomic E-state index is -1.05. The minimum Gasteiger partial charge on any atom is -0.480 e. The van der Waals surface area contributed by atoms with Gasteiger partial charge in [-0.1, -0.05) is 82.1 Å². The highest BCUT2D eigenvalue weighted by Crippen LogP contribution is 2.44. The second kappa shape index (κ2) is 12.4. The standard InChI is InChI=1S/C28H36N2O5/c1-4-5-10-19(16-26(31)30-25(27(32)33)15-18(2)3)29-28(34)35-17-24-22-13-8-6-11-20(22)21-12-7-9-14-23(21)24/h6-9,11-14,18-19,24-25H,4-5,10,15-17H2,1-3H3,(H,29,34)(H,30,31)(H,32,33)/t19?,25-/m1/s1. The van der Waals surface area contributed by atoms with Gasteiger partial charge in [-0.25, -0.2) is 9.59 Å². The monoisotopic (exact) mass is 480 g/mol. The maximum atomic E-state index is 12.7. The topological polar surface area (TPSA) is 105 Å². The van der Waals surface area contributed by atoms with E-state index in [0.29, 0.717) is 12.8 Å². The molecule has 7 heteroatoms. The highest BCUT2D eigenvalue weighted by atomic mass is 16.5. The summed E-state index contributed by atoms with van der Waals surface area (Å²) >= 11 is 0. The van der Waals surface area contributed by atoms with Crippen LogP contribution in [0.5, 0.6) is 0 Å². The van der Waals surface area contributed by atoms with Crippen molar-refractivity contribution in [3.63, 3.8) is 0 Å². The Kier molecular flexibility index (Phi) is 9.29. The largest absolute Gasteiger partial charge is 0.480 e. The van der Waals surface area contributed by atoms with Gasteiger partial charge in [0.2, 0.25) is 5.91 Å². The van der Waals surface area contributed by atoms with Crippen molar-refractivity contribution in [1.29, 1.82) is 0 Å². The van der Waals surface area contributed by atoms with Crippen LogP contribution in [-0.4, -0.2) is 41.8 Å². The SMILES string of the molecule is CCCCC(CC(=O)N[C@H](CC(C)C)C(=O)O)NC(=O)OCC1c2ccccc2-c2ccccc21. The van der Waals surface area contributed by atoms with Gasteiger partial charge in [-0.05, 0) is 41.0 Å². The summed E-state index contributed by atoms with van der Waals surface area (Å²) in [4.78, 5) is 36.8. The van der Waals surface area contributed by atoms with E-state index in [-0.39, 0.29) is 24.9 Å². The Morgan fingerprint density at radius 1 is 0.971 bits per heavy atom. The number of alkyl carbamates (subject to hydrolysis) is 1. The summed E-state index contributed by atoms with van der Waals surface area (Å²) < 4.78 is 5.63. The van der Waals surface area contributed by atoms with Crippen molar-refractivity contribution in [1.82, 2.24) is 10.6 Å². The van der Waals surface area contributed by atoms with E-state index in [1.54, 1.807) is 0 Å². The lowest BCUT2D eigenvalue weighted by Gasteiger charge is -2.21. The molecule has 0 heterocycles. The summed E-state index contributed by atoms with van der Waals surface area (Å²) in [7, 11) is 0. The molecule has 0 saturated carbocycles. The zero-order valence-electron chi connectivity index (χ0n) is 20.8. The molecule has 7 nitrogen and oxygen atoms in total. The number of hydrogen-bond donors (Lipinski definition) is 3. The minimum absolute atomic E-state index is 0.00602. The number of rotatable bonds is 12. The van der Waals surface area contributed by atoms with Crippen LogP contribution in [0.25, 0.3) is 11.1 Å². The average molecular weight is 481 g/mol. The summed E-state index contributed by atoms with van der Waals surface area (Å²) in [5, 5.41) is 14.8. The maximum absolute atomic E-state index is 12.7. The Hall–Kier alpha value is -3.35. The Morgan fingerprint density at radius 3 is 2.11 bits per heavy atom. The molecule has 1 unspecified atom stereocenters. The van der Waals surface area contributed by atoms with Crippen molar-refractivity contribution in [2.75, 3.05) is 6.61 Å². The normalized spacial score (nSPS) is 14.1. The first-order valence-electron chi connectivity index (χ1n) is 12.4. The van der Waals surface area contributed by atoms with E-state index >= 15 is 0 Å². The van der Waals surface area contributed by atoms with Crippen LogP contribution in [0.15, 0.2) is 48.5 Å². The van der Waals surface area contributed by atoms with Crippen molar-refractivity contribution in [3.05, 3.63) is 59.7 Å². The van der Waals surface area contributed by atoms with Gasteiger partial charge < -0.3 is 20.5 Å². The Bertz CT molecular complexity index is 990. The predicted molar refractivity (Wildman–Crippen MR) is 135 cm³/mol. The number of nitrogens with one attached hydrogen (secondary N) is 2. The van der Waals surface area contributed by atoms with Gasteiger partial charge in [0, 0.05) is 18.4 Å². The van der Waals surface area contributed by atoms with Gasteiger partial charge in [0.1, 0.15) is 12.6 Å². The maximum Gasteiger partial charge on any atom is 0.407 e. The van der Waals surface area contributed by atoms with Gasteiger partial charge in [0.05, 0.1) is 0 Å². The fourth-order valence-electron chi connectivity index (χ4n) is 4.65. The van der Waals surface area contributed by atoms with Crippen LogP contribution in [0.2, 0.25) is 0 Å². The third-order valence-electron chi connectivity index (χ3n) is 6.34. The lowest BCUT2D eigenvalue weighted by atomic mass is 9.98. The highest BCUT2D eigenvalue weighted by molar-refractivity contribution is 5.84. The number of amides is 2. The van der Waals surface area contributed by atoms with Crippen LogP contribution in [0, 0.1) is 5.92 Å². The molecule has 0 bridgehead atoms. The first-order chi connectivity index (χ1) is 16.8. The second-order valence-corrected chi connectivity index (χ2v) is 9.60. The number of benzene rings is 2. The Labute approximate surface area is 207 Å². The lowest BCUT2D eigenvalue weighted by Crippen LogP contribution is -2.45. The smallest absolute Gasteiger partial charge is 0.407 e. The van der Waals surface area contributed by atoms with Crippen molar-refractivity contribution in [2.24, 2.45) is 5.92 Å². The van der Waals surface area contributed by atoms with Crippen molar-refractivity contribution in [2.45, 2.75) is 70.9 Å². The number of ether oxygens (including phenoxy) is 1. The van der Waals surface area contributed by atoms with E-state index in [2.05, 4.69) is 34.9 Å². The van der Waals surface area contributed by atoms with Crippen LogP contribution in [0.3, 0.4) is 0 Å². The van der Waals surface area contributed by atoms with Crippen LogP contribution < -0.4 is 10.6 Å². The van der Waals surface area contributed by atoms with E-state index in [9.17, 15) is 19.5 Å². The third kappa shape index (κ3) is 7.07. The Morgan fingerprint density at radius 2 is 1.57 bits per heavy atom. The summed E-state index contributed by atoms with van der Waals surface area (Å²) in [5.41, 5.74) is 4.58. The van der Waals surface area contributed by atoms with E-state index in [0.717, 1.165) is 35.1 Å². The molecule has 2 amide bonds. The number of carboxylic acids is 1. The highest BCUT2D eigenvalue weighted by Gasteiger charge is 2.29. The van der Waals surface area contributed by atoms with Crippen LogP contribution in [-0.2, 0) is 14.3 Å². The summed E-state index contributed by atoms with van der Waals surface area (Å²) in [5.74, 6) is -1.36. The molecule has 2 aromatic rings. The molecule has 3 N–H and O–H groups in total. The van der Waals surface area contributed by atoms with E-state index in [1.807, 2.05) is 45.0 Å². The van der Waals surface area contributed by atoms with E-state index in [1.165, 1.54) is 0 Å². The van der Waals surface area contributed by atoms with Gasteiger partial charge in [0.15, 0.2) is 0 Å². The number of fused-ring (bicyclic) bond motifs is 3. The number of carbonyl (C=O) groups is 3. The predicted octanol–water partition coefficient (Wildman–Crippen LogP) is 5.09.